The first-order valence-corrected chi connectivity index (χ1v) is 50.6. The van der Waals surface area contributed by atoms with Crippen LogP contribution in [0.15, 0.2) is 312 Å². The second-order valence-electron chi connectivity index (χ2n) is 44.0. The Morgan fingerprint density at radius 3 is 1.20 bits per heavy atom. The van der Waals surface area contributed by atoms with E-state index in [1.165, 1.54) is 295 Å². The molecule has 0 saturated carbocycles. The van der Waals surface area contributed by atoms with Gasteiger partial charge < -0.3 is 27.1 Å². The lowest BCUT2D eigenvalue weighted by Gasteiger charge is -2.21. The van der Waals surface area contributed by atoms with Crippen LogP contribution in [0.3, 0.4) is 0 Å². The van der Waals surface area contributed by atoms with Gasteiger partial charge in [-0.2, -0.15) is 0 Å². The summed E-state index contributed by atoms with van der Waals surface area (Å²) in [6.07, 6.45) is 2.00. The zero-order valence-corrected chi connectivity index (χ0v) is 83.7. The molecule has 0 bridgehead atoms. The van der Waals surface area contributed by atoms with E-state index in [1.54, 1.807) is 0 Å². The molecule has 0 radical (unpaired) electrons. The van der Waals surface area contributed by atoms with Crippen molar-refractivity contribution in [3.63, 3.8) is 0 Å². The van der Waals surface area contributed by atoms with Gasteiger partial charge in [-0.25, -0.2) is 0 Å². The van der Waals surface area contributed by atoms with Crippen LogP contribution >= 0.6 is 0 Å². The third-order valence-electron chi connectivity index (χ3n) is 31.6. The van der Waals surface area contributed by atoms with Crippen molar-refractivity contribution < 1.29 is 8.83 Å². The van der Waals surface area contributed by atoms with Gasteiger partial charge in [0.05, 0.1) is 38.6 Å². The lowest BCUT2D eigenvalue weighted by atomic mass is 9.84. The fourth-order valence-corrected chi connectivity index (χ4v) is 25.2. The van der Waals surface area contributed by atoms with Crippen LogP contribution < -0.4 is 0 Å². The third kappa shape index (κ3) is 12.6. The molecule has 28 aromatic rings. The second-order valence-corrected chi connectivity index (χ2v) is 44.0. The van der Waals surface area contributed by atoms with E-state index in [0.717, 1.165) is 41.7 Å². The molecule has 6 nitrogen and oxygen atoms in total. The molecule has 28 rings (SSSR count). The van der Waals surface area contributed by atoms with Crippen molar-refractivity contribution in [2.75, 3.05) is 0 Å². The van der Waals surface area contributed by atoms with Crippen molar-refractivity contribution in [2.24, 2.45) is 0 Å². The number of nitrogens with zero attached hydrogens (tertiary/aromatic N) is 4. The molecule has 140 heavy (non-hydrogen) atoms. The molecular formula is C134H114N4O2. The normalized spacial score (nSPS) is 12.8. The van der Waals surface area contributed by atoms with Crippen molar-refractivity contribution in [3.8, 4) is 28.2 Å². The van der Waals surface area contributed by atoms with E-state index >= 15 is 0 Å². The van der Waals surface area contributed by atoms with Crippen molar-refractivity contribution >= 4 is 228 Å². The monoisotopic (exact) mass is 1810 g/mol. The molecule has 6 aromatic heterocycles. The van der Waals surface area contributed by atoms with E-state index in [9.17, 15) is 0 Å². The Labute approximate surface area is 815 Å². The third-order valence-corrected chi connectivity index (χ3v) is 31.6. The maximum absolute atomic E-state index is 6.55. The molecule has 0 aliphatic carbocycles. The minimum absolute atomic E-state index is 0.0571. The van der Waals surface area contributed by atoms with Crippen molar-refractivity contribution in [2.45, 2.75) is 173 Å². The lowest BCUT2D eigenvalue weighted by molar-refractivity contribution is 0.590. The van der Waals surface area contributed by atoms with Gasteiger partial charge in [0.15, 0.2) is 0 Å². The molecule has 0 spiro atoms. The van der Waals surface area contributed by atoms with Gasteiger partial charge in [0.25, 0.3) is 0 Å². The van der Waals surface area contributed by atoms with Crippen molar-refractivity contribution in [1.82, 2.24) is 18.3 Å². The topological polar surface area (TPSA) is 46.0 Å². The number of furan rings is 2. The van der Waals surface area contributed by atoms with Crippen LogP contribution in [0.2, 0.25) is 0 Å². The molecular weight excluding hydrogens is 1700 g/mol. The van der Waals surface area contributed by atoms with Crippen LogP contribution in [0.5, 0.6) is 0 Å². The molecule has 0 saturated heterocycles. The van der Waals surface area contributed by atoms with Gasteiger partial charge in [-0.15, -0.1) is 0 Å². The number of hydrogen-bond acceptors (Lipinski definition) is 2. The second kappa shape index (κ2) is 30.6. The van der Waals surface area contributed by atoms with E-state index in [0.29, 0.717) is 5.92 Å². The van der Waals surface area contributed by atoms with E-state index in [-0.39, 0.29) is 16.2 Å². The van der Waals surface area contributed by atoms with Crippen LogP contribution in [0.1, 0.15) is 164 Å². The number of para-hydroxylation sites is 3. The minimum atomic E-state index is 0.0571. The maximum Gasteiger partial charge on any atom is 0.136 e. The van der Waals surface area contributed by atoms with E-state index in [1.807, 2.05) is 0 Å². The number of hydrogen-bond donors (Lipinski definition) is 0. The Hall–Kier alpha value is -15.2. The number of rotatable bonds is 8. The largest absolute Gasteiger partial charge is 0.456 e. The summed E-state index contributed by atoms with van der Waals surface area (Å²) in [5, 5.41) is 38.9. The minimum Gasteiger partial charge on any atom is -0.456 e. The highest BCUT2D eigenvalue weighted by Crippen LogP contribution is 2.55. The number of benzene rings is 22. The van der Waals surface area contributed by atoms with Gasteiger partial charge in [0.1, 0.15) is 22.3 Å². The average Bonchev–Trinajstić information content (AvgIpc) is 1.66. The predicted octanol–water partition coefficient (Wildman–Crippen LogP) is 38.3. The number of aromatic nitrogens is 4. The van der Waals surface area contributed by atoms with Gasteiger partial charge in [0, 0.05) is 121 Å². The number of aryl methyl sites for hydroxylation is 8. The summed E-state index contributed by atoms with van der Waals surface area (Å²) >= 11 is 0. The van der Waals surface area contributed by atoms with Crippen LogP contribution in [-0.2, 0) is 35.6 Å². The summed E-state index contributed by atoms with van der Waals surface area (Å²) in [7, 11) is 0. The molecule has 0 amide bonds. The summed E-state index contributed by atoms with van der Waals surface area (Å²) in [4.78, 5) is 0. The van der Waals surface area contributed by atoms with Gasteiger partial charge in [0.2, 0.25) is 0 Å². The van der Waals surface area contributed by atoms with Gasteiger partial charge in [-0.1, -0.05) is 265 Å². The molecule has 682 valence electrons. The Bertz CT molecular complexity index is 10100. The molecule has 0 N–H and O–H groups in total. The lowest BCUT2D eigenvalue weighted by Crippen LogP contribution is -2.10. The zero-order valence-electron chi connectivity index (χ0n) is 83.7. The highest BCUT2D eigenvalue weighted by molar-refractivity contribution is 6.41. The smallest absolute Gasteiger partial charge is 0.136 e. The van der Waals surface area contributed by atoms with E-state index < -0.39 is 0 Å². The maximum atomic E-state index is 6.55. The Balaban J connectivity index is 0.000000110. The molecule has 6 heterocycles. The summed E-state index contributed by atoms with van der Waals surface area (Å²) < 4.78 is 23.1. The Morgan fingerprint density at radius 2 is 0.664 bits per heavy atom. The van der Waals surface area contributed by atoms with Gasteiger partial charge in [-0.05, 0) is 347 Å². The van der Waals surface area contributed by atoms with E-state index in [2.05, 4.69) is 453 Å². The fraction of sp³-hybridized carbons (Fsp3) is 0.194. The number of fused-ring (bicyclic) bond motifs is 24. The summed E-state index contributed by atoms with van der Waals surface area (Å²) in [6.45, 7) is 44.1. The molecule has 6 heteroatoms. The highest BCUT2D eigenvalue weighted by atomic mass is 16.3. The first kappa shape index (κ1) is 85.2. The molecule has 0 fully saturated rings. The van der Waals surface area contributed by atoms with E-state index in [4.69, 9.17) is 8.83 Å². The Kier molecular flexibility index (Phi) is 18.6. The average molecular weight is 1810 g/mol. The van der Waals surface area contributed by atoms with Gasteiger partial charge >= 0.3 is 0 Å². The molecule has 0 aliphatic heterocycles. The van der Waals surface area contributed by atoms with Crippen LogP contribution in [0.4, 0.5) is 0 Å². The van der Waals surface area contributed by atoms with Crippen LogP contribution in [0, 0.1) is 34.6 Å². The summed E-state index contributed by atoms with van der Waals surface area (Å²) in [6, 6.07) is 116. The SMILES string of the molecule is CCc1cccc(-n2c3ccccc3c3cc4cc(-c5c(C)cc(C)cc5C)c5cc6c7ccccc7n(-c7cccc(CC)c7)c6c6ccc(c4c56)c32)c1.CCn1c2ccccc2c2cc3cc(C(C)C)c4cc5oc6ccc(C(C)(C)C)cc6c5c5ccc(c3c45)c21.Cc1cc(C)cc(-n2c3ccc(C(C)(C)C)cc3c3cc4ccc5cc6oc7ccc(C(C)(C)C)cc7c6c6ccc(c4c56)c32)c1. The van der Waals surface area contributed by atoms with Crippen molar-refractivity contribution in [1.29, 1.82) is 0 Å². The zero-order chi connectivity index (χ0) is 95.8. The predicted molar refractivity (Wildman–Crippen MR) is 605 cm³/mol. The molecule has 0 unspecified atom stereocenters. The summed E-state index contributed by atoms with van der Waals surface area (Å²) in [5.41, 5.74) is 35.1. The standard InChI is InChI=1S/C53H42N2.C44H39NO.C37H33NO/c1-6-34-14-12-16-37(26-34)54-47-20-10-8-18-39(47)45-29-36-28-43(49-32(4)24-31(3)25-33(49)5)44-30-46-40-19-9-11-21-48(40)55(38-17-13-15-35(7-2)27-38)53(46)42-23-22-41(52(45)54)50(36)51(42)44;1-24-17-25(2)19-30(18-24)45-36-15-11-28(43(3,4)5)22-33(36)34-20-26-9-10-27-21-38-41(31-13-14-32(42(34)45)40(26)39(27)31)35-23-29(44(6,7)8)12-16-37(35)46-38;1-7-38-30-11-9-8-10-23(30)28-17-21-16-26(20(2)3)27-19-32-34(24-13-14-25(36(28)38)33(21)35(24)27)29-18-22(37(4,5)6)12-15-31(29)39-32/h8-30H,6-7H2,1-5H3;9-23H,1-8H3;8-20H,7H2,1-6H3. The van der Waals surface area contributed by atoms with Crippen LogP contribution in [0.25, 0.3) is 256 Å². The first-order chi connectivity index (χ1) is 67.5. The van der Waals surface area contributed by atoms with Crippen molar-refractivity contribution in [3.05, 3.63) is 365 Å². The quantitative estimate of drug-likeness (QED) is 0.142. The highest BCUT2D eigenvalue weighted by Gasteiger charge is 2.31. The van der Waals surface area contributed by atoms with Crippen LogP contribution in [-0.4, -0.2) is 18.3 Å². The first-order valence-electron chi connectivity index (χ1n) is 50.6. The summed E-state index contributed by atoms with van der Waals surface area (Å²) in [5.74, 6) is 0.401. The molecule has 0 aliphatic rings. The fourth-order valence-electron chi connectivity index (χ4n) is 25.2. The Morgan fingerprint density at radius 1 is 0.257 bits per heavy atom. The molecule has 22 aromatic carbocycles. The molecule has 0 atom stereocenters. The van der Waals surface area contributed by atoms with Gasteiger partial charge in [-0.3, -0.25) is 0 Å².